The van der Waals surface area contributed by atoms with Gasteiger partial charge in [-0.1, -0.05) is 41.6 Å². The van der Waals surface area contributed by atoms with Gasteiger partial charge in [-0.15, -0.1) is 5.10 Å². The average molecular weight is 376 g/mol. The number of benzene rings is 2. The molecule has 1 spiro atoms. The molecule has 2 N–H and O–H groups in total. The van der Waals surface area contributed by atoms with Gasteiger partial charge >= 0.3 is 0 Å². The lowest BCUT2D eigenvalue weighted by atomic mass is 9.72. The van der Waals surface area contributed by atoms with Crippen molar-refractivity contribution in [1.82, 2.24) is 20.3 Å². The maximum absolute atomic E-state index is 11.5. The third kappa shape index (κ3) is 2.56. The van der Waals surface area contributed by atoms with E-state index in [0.29, 0.717) is 0 Å². The van der Waals surface area contributed by atoms with E-state index in [4.69, 9.17) is 4.74 Å². The van der Waals surface area contributed by atoms with Gasteiger partial charge in [0.05, 0.1) is 19.4 Å². The smallest absolute Gasteiger partial charge is 0.119 e. The van der Waals surface area contributed by atoms with E-state index >= 15 is 0 Å². The van der Waals surface area contributed by atoms with Crippen molar-refractivity contribution in [2.24, 2.45) is 0 Å². The zero-order chi connectivity index (χ0) is 19.1. The van der Waals surface area contributed by atoms with E-state index in [1.165, 1.54) is 5.56 Å². The molecule has 2 atom stereocenters. The molecule has 6 heteroatoms. The Balaban J connectivity index is 1.56. The highest BCUT2D eigenvalue weighted by molar-refractivity contribution is 5.60. The molecule has 3 aromatic rings. The molecule has 2 aromatic carbocycles. The Bertz CT molecular complexity index is 993. The van der Waals surface area contributed by atoms with Crippen molar-refractivity contribution in [3.05, 3.63) is 65.9 Å². The fraction of sp³-hybridized carbons (Fsp3) is 0.364. The maximum Gasteiger partial charge on any atom is 0.119 e. The first kappa shape index (κ1) is 17.4. The van der Waals surface area contributed by atoms with E-state index in [2.05, 4.69) is 33.8 Å². The summed E-state index contributed by atoms with van der Waals surface area (Å²) >= 11 is 0. The van der Waals surface area contributed by atoms with E-state index in [1.54, 1.807) is 7.11 Å². The summed E-state index contributed by atoms with van der Waals surface area (Å²) in [7, 11) is 1.65. The highest BCUT2D eigenvalue weighted by Crippen LogP contribution is 2.51. The Kier molecular flexibility index (Phi) is 4.18. The zero-order valence-corrected chi connectivity index (χ0v) is 15.9. The lowest BCUT2D eigenvalue weighted by Crippen LogP contribution is -2.47. The van der Waals surface area contributed by atoms with Crippen molar-refractivity contribution < 1.29 is 9.84 Å². The summed E-state index contributed by atoms with van der Waals surface area (Å²) in [5, 5.41) is 23.7. The third-order valence-electron chi connectivity index (χ3n) is 6.34. The average Bonchev–Trinajstić information content (AvgIpc) is 3.32. The highest BCUT2D eigenvalue weighted by Gasteiger charge is 2.52. The minimum Gasteiger partial charge on any atom is -0.497 e. The second kappa shape index (κ2) is 6.72. The van der Waals surface area contributed by atoms with Crippen molar-refractivity contribution in [1.29, 1.82) is 0 Å². The number of nitrogens with one attached hydrogen (secondary N) is 1. The van der Waals surface area contributed by atoms with Gasteiger partial charge in [-0.05, 0) is 49.2 Å². The molecular weight excluding hydrogens is 352 g/mol. The maximum atomic E-state index is 11.5. The fourth-order valence-corrected chi connectivity index (χ4v) is 4.89. The van der Waals surface area contributed by atoms with Crippen LogP contribution in [0.1, 0.15) is 30.0 Å². The molecule has 1 fully saturated rings. The van der Waals surface area contributed by atoms with Crippen LogP contribution >= 0.6 is 0 Å². The molecule has 2 heterocycles. The second-order valence-corrected chi connectivity index (χ2v) is 7.70. The Morgan fingerprint density at radius 1 is 1.14 bits per heavy atom. The highest BCUT2D eigenvalue weighted by atomic mass is 16.5. The normalized spacial score (nSPS) is 22.9. The lowest BCUT2D eigenvalue weighted by Gasteiger charge is -2.38. The summed E-state index contributed by atoms with van der Waals surface area (Å²) < 4.78 is 7.15. The van der Waals surface area contributed by atoms with Crippen LogP contribution in [0, 0.1) is 0 Å². The summed E-state index contributed by atoms with van der Waals surface area (Å²) in [6.07, 6.45) is 3.27. The van der Waals surface area contributed by atoms with Crippen LogP contribution in [0.5, 0.6) is 5.75 Å². The minimum absolute atomic E-state index is 0.214. The molecule has 5 rings (SSSR count). The van der Waals surface area contributed by atoms with Gasteiger partial charge in [0, 0.05) is 11.0 Å². The second-order valence-electron chi connectivity index (χ2n) is 7.70. The number of aliphatic hydroxyl groups is 1. The molecule has 1 aliphatic heterocycles. The first-order valence-electron chi connectivity index (χ1n) is 9.77. The van der Waals surface area contributed by atoms with E-state index in [1.807, 2.05) is 41.2 Å². The number of hydrogen-bond acceptors (Lipinski definition) is 5. The van der Waals surface area contributed by atoms with Gasteiger partial charge < -0.3 is 15.2 Å². The summed E-state index contributed by atoms with van der Waals surface area (Å²) in [4.78, 5) is 0. The molecule has 28 heavy (non-hydrogen) atoms. The van der Waals surface area contributed by atoms with Crippen LogP contribution in [0.3, 0.4) is 0 Å². The Labute approximate surface area is 164 Å². The zero-order valence-electron chi connectivity index (χ0n) is 15.9. The van der Waals surface area contributed by atoms with Crippen molar-refractivity contribution in [2.45, 2.75) is 30.4 Å². The Morgan fingerprint density at radius 2 is 1.96 bits per heavy atom. The van der Waals surface area contributed by atoms with Crippen LogP contribution in [0.15, 0.2) is 54.7 Å². The van der Waals surface area contributed by atoms with Crippen LogP contribution in [-0.4, -0.2) is 46.4 Å². The van der Waals surface area contributed by atoms with Crippen LogP contribution in [0.4, 0.5) is 0 Å². The number of ether oxygens (including phenoxy) is 1. The monoisotopic (exact) mass is 376 g/mol. The van der Waals surface area contributed by atoms with Crippen LogP contribution in [0.2, 0.25) is 0 Å². The Morgan fingerprint density at radius 3 is 2.79 bits per heavy atom. The number of methoxy groups -OCH3 is 1. The molecular formula is C22H24N4O2. The van der Waals surface area contributed by atoms with Gasteiger partial charge in [-0.2, -0.15) is 0 Å². The SMILES string of the molecule is COc1cccc(-c2cn([C@@H]3c4ccccc4C4(CCNCC4)[C@H]3O)nn2)c1. The number of hydrogen-bond donors (Lipinski definition) is 2. The van der Waals surface area contributed by atoms with Crippen LogP contribution in [-0.2, 0) is 5.41 Å². The molecule has 0 saturated carbocycles. The summed E-state index contributed by atoms with van der Waals surface area (Å²) in [5.74, 6) is 0.784. The van der Waals surface area contributed by atoms with E-state index in [-0.39, 0.29) is 11.5 Å². The van der Waals surface area contributed by atoms with Crippen molar-refractivity contribution in [3.63, 3.8) is 0 Å². The first-order valence-corrected chi connectivity index (χ1v) is 9.77. The number of aromatic nitrogens is 3. The van der Waals surface area contributed by atoms with Gasteiger partial charge in [-0.3, -0.25) is 0 Å². The molecule has 1 aliphatic carbocycles. The largest absolute Gasteiger partial charge is 0.497 e. The third-order valence-corrected chi connectivity index (χ3v) is 6.34. The van der Waals surface area contributed by atoms with Gasteiger partial charge in [-0.25, -0.2) is 4.68 Å². The molecule has 1 saturated heterocycles. The van der Waals surface area contributed by atoms with Crippen LogP contribution < -0.4 is 10.1 Å². The first-order chi connectivity index (χ1) is 13.7. The summed E-state index contributed by atoms with van der Waals surface area (Å²) in [5.41, 5.74) is 3.92. The molecule has 2 aliphatic rings. The topological polar surface area (TPSA) is 72.2 Å². The predicted molar refractivity (Wildman–Crippen MR) is 106 cm³/mol. The standard InChI is InChI=1S/C22H24N4O2/c1-28-16-6-4-5-15(13-16)19-14-26(25-24-19)20-17-7-2-3-8-18(17)22(21(20)27)9-11-23-12-10-22/h2-8,13-14,20-21,23,27H,9-12H2,1H3/t20-,21+/m1/s1. The van der Waals surface area contributed by atoms with E-state index in [9.17, 15) is 5.11 Å². The molecule has 1 aromatic heterocycles. The summed E-state index contributed by atoms with van der Waals surface area (Å²) in [6, 6.07) is 16.0. The quantitative estimate of drug-likeness (QED) is 0.735. The number of fused-ring (bicyclic) bond motifs is 2. The minimum atomic E-state index is -0.521. The number of aliphatic hydroxyl groups excluding tert-OH is 1. The number of nitrogens with zero attached hydrogens (tertiary/aromatic N) is 3. The number of piperidine rings is 1. The molecule has 0 radical (unpaired) electrons. The lowest BCUT2D eigenvalue weighted by molar-refractivity contribution is 0.0421. The van der Waals surface area contributed by atoms with Crippen molar-refractivity contribution in [3.8, 4) is 17.0 Å². The van der Waals surface area contributed by atoms with E-state index in [0.717, 1.165) is 48.5 Å². The van der Waals surface area contributed by atoms with Crippen molar-refractivity contribution >= 4 is 0 Å². The molecule has 0 bridgehead atoms. The van der Waals surface area contributed by atoms with Gasteiger partial charge in [0.25, 0.3) is 0 Å². The predicted octanol–water partition coefficient (Wildman–Crippen LogP) is 2.54. The van der Waals surface area contributed by atoms with Gasteiger partial charge in [0.2, 0.25) is 0 Å². The number of rotatable bonds is 3. The summed E-state index contributed by atoms with van der Waals surface area (Å²) in [6.45, 7) is 1.84. The van der Waals surface area contributed by atoms with Gasteiger partial charge in [0.1, 0.15) is 17.5 Å². The van der Waals surface area contributed by atoms with Crippen molar-refractivity contribution in [2.75, 3.05) is 20.2 Å². The van der Waals surface area contributed by atoms with E-state index < -0.39 is 6.10 Å². The Hall–Kier alpha value is -2.70. The molecule has 144 valence electrons. The van der Waals surface area contributed by atoms with Crippen LogP contribution in [0.25, 0.3) is 11.3 Å². The van der Waals surface area contributed by atoms with Gasteiger partial charge in [0.15, 0.2) is 0 Å². The fourth-order valence-electron chi connectivity index (χ4n) is 4.89. The molecule has 6 nitrogen and oxygen atoms in total. The molecule has 0 unspecified atom stereocenters. The molecule has 0 amide bonds.